The van der Waals surface area contributed by atoms with E-state index in [2.05, 4.69) is 15.3 Å². The van der Waals surface area contributed by atoms with Crippen LogP contribution in [-0.4, -0.2) is 29.0 Å². The van der Waals surface area contributed by atoms with Crippen molar-refractivity contribution >= 4 is 5.91 Å². The molecule has 0 spiro atoms. The molecule has 1 fully saturated rings. The van der Waals surface area contributed by atoms with Gasteiger partial charge in [-0.25, -0.2) is 9.97 Å². The lowest BCUT2D eigenvalue weighted by molar-refractivity contribution is -0.120. The second kappa shape index (κ2) is 4.35. The van der Waals surface area contributed by atoms with E-state index >= 15 is 0 Å². The number of aromatic nitrogens is 2. The zero-order chi connectivity index (χ0) is 10.7. The zero-order valence-corrected chi connectivity index (χ0v) is 8.39. The smallest absolute Gasteiger partial charge is 0.226 e. The zero-order valence-electron chi connectivity index (χ0n) is 8.39. The highest BCUT2D eigenvalue weighted by Crippen LogP contribution is 2.27. The van der Waals surface area contributed by atoms with Crippen molar-refractivity contribution in [1.82, 2.24) is 15.3 Å². The Hall–Kier alpha value is -1.49. The van der Waals surface area contributed by atoms with Gasteiger partial charge < -0.3 is 11.1 Å². The summed E-state index contributed by atoms with van der Waals surface area (Å²) in [7, 11) is 0. The minimum atomic E-state index is -0.303. The fraction of sp³-hybridized carbons (Fsp3) is 0.500. The molecule has 2 heterocycles. The molecule has 1 aromatic rings. The summed E-state index contributed by atoms with van der Waals surface area (Å²) >= 11 is 0. The Morgan fingerprint density at radius 2 is 2.53 bits per heavy atom. The number of amides is 1. The monoisotopic (exact) mass is 206 g/mol. The first-order chi connectivity index (χ1) is 7.29. The maximum atomic E-state index is 11.4. The second-order valence-electron chi connectivity index (χ2n) is 3.77. The van der Waals surface area contributed by atoms with Crippen molar-refractivity contribution in [3.63, 3.8) is 0 Å². The van der Waals surface area contributed by atoms with Crippen LogP contribution in [0.4, 0.5) is 0 Å². The summed E-state index contributed by atoms with van der Waals surface area (Å²) in [5.74, 6) is -0.331. The Kier molecular flexibility index (Phi) is 2.91. The highest BCUT2D eigenvalue weighted by molar-refractivity contribution is 5.81. The second-order valence-corrected chi connectivity index (χ2v) is 3.77. The first-order valence-corrected chi connectivity index (χ1v) is 5.05. The molecule has 0 radical (unpaired) electrons. The number of carbonyl (C=O) groups is 1. The van der Waals surface area contributed by atoms with E-state index < -0.39 is 0 Å². The SMILES string of the molecule is NC(=O)C(c1ccncn1)C1CCNC1. The number of nitrogens with zero attached hydrogens (tertiary/aromatic N) is 2. The van der Waals surface area contributed by atoms with Gasteiger partial charge in [-0.3, -0.25) is 4.79 Å². The van der Waals surface area contributed by atoms with Crippen LogP contribution >= 0.6 is 0 Å². The number of primary amides is 1. The summed E-state index contributed by atoms with van der Waals surface area (Å²) < 4.78 is 0. The molecule has 1 aliphatic heterocycles. The highest BCUT2D eigenvalue weighted by Gasteiger charge is 2.31. The molecule has 2 atom stereocenters. The predicted octanol–water partition coefficient (Wildman–Crippen LogP) is -0.345. The van der Waals surface area contributed by atoms with Crippen LogP contribution in [0.15, 0.2) is 18.6 Å². The van der Waals surface area contributed by atoms with Gasteiger partial charge in [0.15, 0.2) is 0 Å². The number of nitrogens with one attached hydrogen (secondary N) is 1. The van der Waals surface area contributed by atoms with Crippen LogP contribution in [0.25, 0.3) is 0 Å². The summed E-state index contributed by atoms with van der Waals surface area (Å²) in [6.45, 7) is 1.77. The van der Waals surface area contributed by atoms with E-state index in [9.17, 15) is 4.79 Å². The quantitative estimate of drug-likeness (QED) is 0.708. The molecule has 5 nitrogen and oxygen atoms in total. The van der Waals surface area contributed by atoms with Crippen molar-refractivity contribution < 1.29 is 4.79 Å². The van der Waals surface area contributed by atoms with E-state index in [1.165, 1.54) is 6.33 Å². The molecule has 1 aromatic heterocycles. The van der Waals surface area contributed by atoms with Gasteiger partial charge in [-0.2, -0.15) is 0 Å². The summed E-state index contributed by atoms with van der Waals surface area (Å²) in [5, 5.41) is 3.23. The van der Waals surface area contributed by atoms with E-state index in [1.54, 1.807) is 12.3 Å². The summed E-state index contributed by atoms with van der Waals surface area (Å²) in [5.41, 5.74) is 6.15. The molecule has 0 aliphatic carbocycles. The fourth-order valence-corrected chi connectivity index (χ4v) is 2.07. The molecule has 15 heavy (non-hydrogen) atoms. The van der Waals surface area contributed by atoms with Gasteiger partial charge in [0.25, 0.3) is 0 Å². The number of hydrogen-bond donors (Lipinski definition) is 2. The lowest BCUT2D eigenvalue weighted by atomic mass is 9.88. The minimum Gasteiger partial charge on any atom is -0.369 e. The Morgan fingerprint density at radius 3 is 3.07 bits per heavy atom. The molecule has 5 heteroatoms. The molecule has 0 saturated carbocycles. The maximum absolute atomic E-state index is 11.4. The van der Waals surface area contributed by atoms with Crippen molar-refractivity contribution in [3.8, 4) is 0 Å². The average molecular weight is 206 g/mol. The van der Waals surface area contributed by atoms with Gasteiger partial charge in [-0.15, -0.1) is 0 Å². The van der Waals surface area contributed by atoms with E-state index in [0.29, 0.717) is 0 Å². The molecular formula is C10H14N4O. The van der Waals surface area contributed by atoms with Crippen LogP contribution in [-0.2, 0) is 4.79 Å². The van der Waals surface area contributed by atoms with Crippen molar-refractivity contribution in [2.75, 3.05) is 13.1 Å². The summed E-state index contributed by atoms with van der Waals surface area (Å²) in [6, 6.07) is 1.76. The van der Waals surface area contributed by atoms with Gasteiger partial charge in [0.05, 0.1) is 11.6 Å². The molecule has 1 amide bonds. The third-order valence-electron chi connectivity index (χ3n) is 2.80. The summed E-state index contributed by atoms with van der Waals surface area (Å²) in [4.78, 5) is 19.4. The molecular weight excluding hydrogens is 192 g/mol. The highest BCUT2D eigenvalue weighted by atomic mass is 16.1. The van der Waals surface area contributed by atoms with E-state index in [0.717, 1.165) is 25.2 Å². The van der Waals surface area contributed by atoms with E-state index in [1.807, 2.05) is 0 Å². The van der Waals surface area contributed by atoms with Crippen molar-refractivity contribution in [3.05, 3.63) is 24.3 Å². The van der Waals surface area contributed by atoms with Crippen LogP contribution in [0.3, 0.4) is 0 Å². The largest absolute Gasteiger partial charge is 0.369 e. The molecule has 3 N–H and O–H groups in total. The number of carbonyl (C=O) groups excluding carboxylic acids is 1. The Morgan fingerprint density at radius 1 is 1.67 bits per heavy atom. The molecule has 0 aromatic carbocycles. The molecule has 0 bridgehead atoms. The van der Waals surface area contributed by atoms with Gasteiger partial charge in [0, 0.05) is 6.20 Å². The van der Waals surface area contributed by atoms with E-state index in [-0.39, 0.29) is 17.7 Å². The van der Waals surface area contributed by atoms with Crippen molar-refractivity contribution in [1.29, 1.82) is 0 Å². The number of nitrogens with two attached hydrogens (primary N) is 1. The molecule has 2 rings (SSSR count). The number of rotatable bonds is 3. The third kappa shape index (κ3) is 2.12. The Balaban J connectivity index is 2.23. The number of hydrogen-bond acceptors (Lipinski definition) is 4. The van der Waals surface area contributed by atoms with Crippen molar-refractivity contribution in [2.24, 2.45) is 11.7 Å². The van der Waals surface area contributed by atoms with Gasteiger partial charge >= 0.3 is 0 Å². The first-order valence-electron chi connectivity index (χ1n) is 5.05. The molecule has 1 saturated heterocycles. The average Bonchev–Trinajstić information content (AvgIpc) is 2.72. The molecule has 80 valence electrons. The standard InChI is InChI=1S/C10H14N4O/c11-10(15)9(7-1-3-12-5-7)8-2-4-13-6-14-8/h2,4,6-7,9,12H,1,3,5H2,(H2,11,15). The van der Waals surface area contributed by atoms with Crippen LogP contribution in [0, 0.1) is 5.92 Å². The van der Waals surface area contributed by atoms with Crippen LogP contribution in [0.1, 0.15) is 18.0 Å². The maximum Gasteiger partial charge on any atom is 0.226 e. The first kappa shape index (κ1) is 10.0. The lowest BCUT2D eigenvalue weighted by Gasteiger charge is -2.18. The van der Waals surface area contributed by atoms with Crippen LogP contribution < -0.4 is 11.1 Å². The summed E-state index contributed by atoms with van der Waals surface area (Å²) in [6.07, 6.45) is 4.06. The topological polar surface area (TPSA) is 80.9 Å². The van der Waals surface area contributed by atoms with E-state index in [4.69, 9.17) is 5.73 Å². The van der Waals surface area contributed by atoms with Crippen LogP contribution in [0.2, 0.25) is 0 Å². The van der Waals surface area contributed by atoms with Gasteiger partial charge in [-0.1, -0.05) is 0 Å². The van der Waals surface area contributed by atoms with Crippen LogP contribution in [0.5, 0.6) is 0 Å². The van der Waals surface area contributed by atoms with Gasteiger partial charge in [-0.05, 0) is 31.5 Å². The third-order valence-corrected chi connectivity index (χ3v) is 2.80. The Bertz CT molecular complexity index is 335. The fourth-order valence-electron chi connectivity index (χ4n) is 2.07. The predicted molar refractivity (Wildman–Crippen MR) is 54.9 cm³/mol. The lowest BCUT2D eigenvalue weighted by Crippen LogP contribution is -2.30. The minimum absolute atomic E-state index is 0.261. The molecule has 2 unspecified atom stereocenters. The van der Waals surface area contributed by atoms with Gasteiger partial charge in [0.1, 0.15) is 6.33 Å². The van der Waals surface area contributed by atoms with Gasteiger partial charge in [0.2, 0.25) is 5.91 Å². The normalized spacial score (nSPS) is 22.5. The Labute approximate surface area is 88.1 Å². The molecule has 1 aliphatic rings. The van der Waals surface area contributed by atoms with Crippen molar-refractivity contribution in [2.45, 2.75) is 12.3 Å².